The van der Waals surface area contributed by atoms with Gasteiger partial charge >= 0.3 is 0 Å². The highest BCUT2D eigenvalue weighted by Gasteiger charge is 2.17. The average molecular weight is 664 g/mol. The highest BCUT2D eigenvalue weighted by Crippen LogP contribution is 2.36. The van der Waals surface area contributed by atoms with Crippen molar-refractivity contribution in [3.8, 4) is 78.7 Å². The summed E-state index contributed by atoms with van der Waals surface area (Å²) >= 11 is 0. The minimum absolute atomic E-state index is 0.620. The van der Waals surface area contributed by atoms with Crippen molar-refractivity contribution in [2.45, 2.75) is 0 Å². The van der Waals surface area contributed by atoms with Gasteiger partial charge in [-0.1, -0.05) is 158 Å². The minimum atomic E-state index is 0.620. The normalized spacial score (nSPS) is 11.1. The fourth-order valence-electron chi connectivity index (χ4n) is 6.79. The molecule has 244 valence electrons. The summed E-state index contributed by atoms with van der Waals surface area (Å²) in [5.41, 5.74) is 11.7. The summed E-state index contributed by atoms with van der Waals surface area (Å²) in [6, 6.07) is 70.1. The van der Waals surface area contributed by atoms with Crippen LogP contribution in [0.1, 0.15) is 0 Å². The molecule has 0 amide bonds. The Hall–Kier alpha value is -6.97. The van der Waals surface area contributed by atoms with E-state index in [1.807, 2.05) is 24.3 Å². The summed E-state index contributed by atoms with van der Waals surface area (Å²) in [5, 5.41) is 2.31. The first-order valence-corrected chi connectivity index (χ1v) is 17.5. The Morgan fingerprint density at radius 2 is 0.500 bits per heavy atom. The van der Waals surface area contributed by atoms with Crippen LogP contribution in [0.15, 0.2) is 200 Å². The van der Waals surface area contributed by atoms with E-state index in [1.165, 1.54) is 5.39 Å². The zero-order valence-corrected chi connectivity index (χ0v) is 28.4. The molecule has 3 heteroatoms. The number of hydrogen-bond donors (Lipinski definition) is 0. The third-order valence-corrected chi connectivity index (χ3v) is 9.45. The molecule has 0 radical (unpaired) electrons. The van der Waals surface area contributed by atoms with Gasteiger partial charge in [0.05, 0.1) is 0 Å². The SMILES string of the molecule is c1ccc(-c2cc(-c3ccccc3)cc(-c3nc(-c4cc(-c5ccccc5)cc(-c5ccccc5)c4)nc(-c4ccc5ccccc5c4)n3)c2)cc1. The number of benzene rings is 8. The zero-order valence-electron chi connectivity index (χ0n) is 28.4. The number of aromatic nitrogens is 3. The molecule has 52 heavy (non-hydrogen) atoms. The fraction of sp³-hybridized carbons (Fsp3) is 0. The Labute approximate surface area is 303 Å². The van der Waals surface area contributed by atoms with E-state index < -0.39 is 0 Å². The molecule has 1 aromatic heterocycles. The molecule has 9 aromatic rings. The summed E-state index contributed by atoms with van der Waals surface area (Å²) in [6.07, 6.45) is 0. The first-order valence-electron chi connectivity index (χ1n) is 17.5. The van der Waals surface area contributed by atoms with Crippen LogP contribution in [0, 0.1) is 0 Å². The molecule has 0 fully saturated rings. The van der Waals surface area contributed by atoms with Crippen LogP contribution in [0.5, 0.6) is 0 Å². The lowest BCUT2D eigenvalue weighted by molar-refractivity contribution is 1.07. The predicted octanol–water partition coefficient (Wildman–Crippen LogP) is 12.7. The monoisotopic (exact) mass is 663 g/mol. The van der Waals surface area contributed by atoms with Crippen molar-refractivity contribution >= 4 is 10.8 Å². The molecule has 9 rings (SSSR count). The molecule has 0 aliphatic rings. The third-order valence-electron chi connectivity index (χ3n) is 9.45. The quantitative estimate of drug-likeness (QED) is 0.170. The number of fused-ring (bicyclic) bond motifs is 1. The molecular weight excluding hydrogens is 631 g/mol. The molecule has 0 aliphatic carbocycles. The molecule has 0 spiro atoms. The smallest absolute Gasteiger partial charge is 0.164 e. The summed E-state index contributed by atoms with van der Waals surface area (Å²) < 4.78 is 0. The second-order valence-corrected chi connectivity index (χ2v) is 12.9. The van der Waals surface area contributed by atoms with Crippen LogP contribution >= 0.6 is 0 Å². The van der Waals surface area contributed by atoms with Crippen LogP contribution in [0.2, 0.25) is 0 Å². The molecule has 0 N–H and O–H groups in total. The van der Waals surface area contributed by atoms with Crippen molar-refractivity contribution < 1.29 is 0 Å². The van der Waals surface area contributed by atoms with Crippen LogP contribution < -0.4 is 0 Å². The topological polar surface area (TPSA) is 38.7 Å². The molecule has 8 aromatic carbocycles. The summed E-state index contributed by atoms with van der Waals surface area (Å²) in [5.74, 6) is 1.87. The van der Waals surface area contributed by atoms with Gasteiger partial charge in [0.1, 0.15) is 0 Å². The largest absolute Gasteiger partial charge is 0.208 e. The molecule has 0 saturated heterocycles. The standard InChI is InChI=1S/C49H33N3/c1-5-15-34(16-6-1)41-28-42(35-17-7-2-8-18-35)31-45(30-41)48-50-47(40-26-25-38-23-13-14-24-39(38)27-40)51-49(52-48)46-32-43(36-19-9-3-10-20-36)29-44(33-46)37-21-11-4-12-22-37/h1-33H. The lowest BCUT2D eigenvalue weighted by Gasteiger charge is -2.14. The van der Waals surface area contributed by atoms with Gasteiger partial charge in [0.15, 0.2) is 17.5 Å². The van der Waals surface area contributed by atoms with E-state index in [-0.39, 0.29) is 0 Å². The first-order chi connectivity index (χ1) is 25.7. The average Bonchev–Trinajstić information content (AvgIpc) is 3.24. The summed E-state index contributed by atoms with van der Waals surface area (Å²) in [7, 11) is 0. The van der Waals surface area contributed by atoms with Gasteiger partial charge in [-0.3, -0.25) is 0 Å². The molecule has 0 unspecified atom stereocenters. The van der Waals surface area contributed by atoms with E-state index in [4.69, 9.17) is 15.0 Å². The third kappa shape index (κ3) is 6.39. The van der Waals surface area contributed by atoms with Gasteiger partial charge in [0.2, 0.25) is 0 Å². The molecular formula is C49H33N3. The van der Waals surface area contributed by atoms with Gasteiger partial charge < -0.3 is 0 Å². The van der Waals surface area contributed by atoms with Crippen molar-refractivity contribution in [1.82, 2.24) is 15.0 Å². The zero-order chi connectivity index (χ0) is 34.7. The van der Waals surface area contributed by atoms with Gasteiger partial charge in [0.25, 0.3) is 0 Å². The van der Waals surface area contributed by atoms with Gasteiger partial charge in [-0.25, -0.2) is 15.0 Å². The maximum absolute atomic E-state index is 5.28. The lowest BCUT2D eigenvalue weighted by Crippen LogP contribution is -2.01. The Morgan fingerprint density at radius 1 is 0.192 bits per heavy atom. The van der Waals surface area contributed by atoms with Crippen molar-refractivity contribution in [2.75, 3.05) is 0 Å². The number of nitrogens with zero attached hydrogens (tertiary/aromatic N) is 3. The van der Waals surface area contributed by atoms with Crippen LogP contribution in [0.3, 0.4) is 0 Å². The Bertz CT molecular complexity index is 2390. The second-order valence-electron chi connectivity index (χ2n) is 12.9. The molecule has 0 aliphatic heterocycles. The Morgan fingerprint density at radius 3 is 0.885 bits per heavy atom. The maximum Gasteiger partial charge on any atom is 0.164 e. The van der Waals surface area contributed by atoms with E-state index in [0.29, 0.717) is 17.5 Å². The Kier molecular flexibility index (Phi) is 8.20. The van der Waals surface area contributed by atoms with Crippen LogP contribution in [0.4, 0.5) is 0 Å². The van der Waals surface area contributed by atoms with Crippen molar-refractivity contribution in [3.63, 3.8) is 0 Å². The van der Waals surface area contributed by atoms with E-state index in [0.717, 1.165) is 66.6 Å². The lowest BCUT2D eigenvalue weighted by atomic mass is 9.95. The highest BCUT2D eigenvalue weighted by atomic mass is 15.0. The van der Waals surface area contributed by atoms with Gasteiger partial charge in [0, 0.05) is 16.7 Å². The van der Waals surface area contributed by atoms with E-state index in [9.17, 15) is 0 Å². The molecule has 0 atom stereocenters. The van der Waals surface area contributed by atoms with E-state index in [1.54, 1.807) is 0 Å². The predicted molar refractivity (Wildman–Crippen MR) is 215 cm³/mol. The fourth-order valence-corrected chi connectivity index (χ4v) is 6.79. The number of hydrogen-bond acceptors (Lipinski definition) is 3. The summed E-state index contributed by atoms with van der Waals surface area (Å²) in [6.45, 7) is 0. The van der Waals surface area contributed by atoms with Crippen molar-refractivity contribution in [2.24, 2.45) is 0 Å². The van der Waals surface area contributed by atoms with E-state index in [2.05, 4.69) is 176 Å². The Balaban J connectivity index is 1.29. The van der Waals surface area contributed by atoms with Crippen molar-refractivity contribution in [1.29, 1.82) is 0 Å². The second kappa shape index (κ2) is 13.7. The first kappa shape index (κ1) is 31.0. The highest BCUT2D eigenvalue weighted by molar-refractivity contribution is 5.87. The van der Waals surface area contributed by atoms with Gasteiger partial charge in [-0.15, -0.1) is 0 Å². The van der Waals surface area contributed by atoms with E-state index >= 15 is 0 Å². The summed E-state index contributed by atoms with van der Waals surface area (Å²) in [4.78, 5) is 15.7. The van der Waals surface area contributed by atoms with Crippen LogP contribution in [0.25, 0.3) is 89.4 Å². The van der Waals surface area contributed by atoms with Gasteiger partial charge in [-0.05, 0) is 97.7 Å². The van der Waals surface area contributed by atoms with Gasteiger partial charge in [-0.2, -0.15) is 0 Å². The molecule has 1 heterocycles. The minimum Gasteiger partial charge on any atom is -0.208 e. The van der Waals surface area contributed by atoms with Crippen LogP contribution in [-0.2, 0) is 0 Å². The maximum atomic E-state index is 5.28. The molecule has 3 nitrogen and oxygen atoms in total. The number of rotatable bonds is 7. The molecule has 0 bridgehead atoms. The van der Waals surface area contributed by atoms with Crippen LogP contribution in [-0.4, -0.2) is 15.0 Å². The molecule has 0 saturated carbocycles. The van der Waals surface area contributed by atoms with Crippen molar-refractivity contribution in [3.05, 3.63) is 200 Å².